The Balaban J connectivity index is 1.92. The third kappa shape index (κ3) is 4.06. The zero-order chi connectivity index (χ0) is 14.5. The minimum Gasteiger partial charge on any atom is -0.484 e. The molecule has 0 unspecified atom stereocenters. The van der Waals surface area contributed by atoms with Gasteiger partial charge in [-0.2, -0.15) is 0 Å². The monoisotopic (exact) mass is 337 g/mol. The molecule has 0 aliphatic carbocycles. The molecular formula is C15H13BrFNO2. The SMILES string of the molecule is Cc1ccc(NC(=O)COc2cccc(F)c2)c(Br)c1. The van der Waals surface area contributed by atoms with Crippen LogP contribution in [-0.2, 0) is 4.79 Å². The second-order valence-electron chi connectivity index (χ2n) is 4.28. The van der Waals surface area contributed by atoms with Crippen LogP contribution in [0.4, 0.5) is 10.1 Å². The number of hydrogen-bond donors (Lipinski definition) is 1. The fourth-order valence-corrected chi connectivity index (χ4v) is 2.21. The number of nitrogens with one attached hydrogen (secondary N) is 1. The molecule has 2 rings (SSSR count). The molecule has 3 nitrogen and oxygen atoms in total. The van der Waals surface area contributed by atoms with Crippen molar-refractivity contribution in [3.05, 3.63) is 58.3 Å². The predicted octanol–water partition coefficient (Wildman–Crippen LogP) is 3.91. The third-order valence-corrected chi connectivity index (χ3v) is 3.22. The highest BCUT2D eigenvalue weighted by molar-refractivity contribution is 9.10. The smallest absolute Gasteiger partial charge is 0.262 e. The molecule has 0 saturated carbocycles. The summed E-state index contributed by atoms with van der Waals surface area (Å²) in [6, 6.07) is 11.3. The van der Waals surface area contributed by atoms with E-state index in [2.05, 4.69) is 21.2 Å². The molecule has 104 valence electrons. The third-order valence-electron chi connectivity index (χ3n) is 2.56. The van der Waals surface area contributed by atoms with Crippen molar-refractivity contribution in [1.29, 1.82) is 0 Å². The first kappa shape index (κ1) is 14.5. The first-order chi connectivity index (χ1) is 9.54. The quantitative estimate of drug-likeness (QED) is 0.918. The van der Waals surface area contributed by atoms with Crippen molar-refractivity contribution in [2.45, 2.75) is 6.92 Å². The molecule has 0 heterocycles. The van der Waals surface area contributed by atoms with Crippen LogP contribution in [0.25, 0.3) is 0 Å². The van der Waals surface area contributed by atoms with Gasteiger partial charge in [0.15, 0.2) is 6.61 Å². The number of anilines is 1. The second kappa shape index (κ2) is 6.52. The van der Waals surface area contributed by atoms with Gasteiger partial charge in [-0.1, -0.05) is 12.1 Å². The Morgan fingerprint density at radius 1 is 1.30 bits per heavy atom. The maximum Gasteiger partial charge on any atom is 0.262 e. The lowest BCUT2D eigenvalue weighted by Crippen LogP contribution is -2.20. The van der Waals surface area contributed by atoms with Crippen LogP contribution in [0.15, 0.2) is 46.9 Å². The summed E-state index contributed by atoms with van der Waals surface area (Å²) in [7, 11) is 0. The first-order valence-electron chi connectivity index (χ1n) is 5.99. The van der Waals surface area contributed by atoms with E-state index in [9.17, 15) is 9.18 Å². The number of aryl methyl sites for hydroxylation is 1. The summed E-state index contributed by atoms with van der Waals surface area (Å²) in [4.78, 5) is 11.8. The van der Waals surface area contributed by atoms with Gasteiger partial charge in [-0.05, 0) is 52.7 Å². The van der Waals surface area contributed by atoms with Gasteiger partial charge in [0.25, 0.3) is 5.91 Å². The summed E-state index contributed by atoms with van der Waals surface area (Å²) in [5.74, 6) is -0.383. The zero-order valence-electron chi connectivity index (χ0n) is 10.8. The molecule has 0 aliphatic rings. The van der Waals surface area contributed by atoms with Gasteiger partial charge in [0.05, 0.1) is 5.69 Å². The minimum absolute atomic E-state index is 0.177. The van der Waals surface area contributed by atoms with Crippen molar-refractivity contribution >= 4 is 27.5 Å². The minimum atomic E-state index is -0.399. The molecule has 0 bridgehead atoms. The lowest BCUT2D eigenvalue weighted by molar-refractivity contribution is -0.118. The van der Waals surface area contributed by atoms with Crippen LogP contribution in [0.5, 0.6) is 5.75 Å². The molecule has 0 radical (unpaired) electrons. The number of ether oxygens (including phenoxy) is 1. The van der Waals surface area contributed by atoms with Crippen molar-refractivity contribution in [3.8, 4) is 5.75 Å². The van der Waals surface area contributed by atoms with Gasteiger partial charge in [-0.15, -0.1) is 0 Å². The van der Waals surface area contributed by atoms with E-state index in [1.54, 1.807) is 12.1 Å². The lowest BCUT2D eigenvalue weighted by Gasteiger charge is -2.09. The average Bonchev–Trinajstić information content (AvgIpc) is 2.40. The Labute approximate surface area is 124 Å². The van der Waals surface area contributed by atoms with Crippen LogP contribution in [-0.4, -0.2) is 12.5 Å². The van der Waals surface area contributed by atoms with Gasteiger partial charge in [0.1, 0.15) is 11.6 Å². The molecule has 0 spiro atoms. The Morgan fingerprint density at radius 3 is 2.80 bits per heavy atom. The average molecular weight is 338 g/mol. The van der Waals surface area contributed by atoms with Crippen LogP contribution in [0.2, 0.25) is 0 Å². The van der Waals surface area contributed by atoms with E-state index in [0.717, 1.165) is 10.0 Å². The molecule has 0 aromatic heterocycles. The van der Waals surface area contributed by atoms with Crippen molar-refractivity contribution in [2.24, 2.45) is 0 Å². The van der Waals surface area contributed by atoms with Crippen LogP contribution in [0.1, 0.15) is 5.56 Å². The number of carbonyl (C=O) groups excluding carboxylic acids is 1. The largest absolute Gasteiger partial charge is 0.484 e. The summed E-state index contributed by atoms with van der Waals surface area (Å²) < 4.78 is 19.0. The topological polar surface area (TPSA) is 38.3 Å². The molecule has 2 aromatic carbocycles. The molecule has 2 aromatic rings. The molecule has 1 N–H and O–H groups in total. The summed E-state index contributed by atoms with van der Waals surface area (Å²) in [6.45, 7) is 1.78. The number of benzene rings is 2. The number of hydrogen-bond acceptors (Lipinski definition) is 2. The van der Waals surface area contributed by atoms with Crippen molar-refractivity contribution in [2.75, 3.05) is 11.9 Å². The Bertz CT molecular complexity index is 631. The van der Waals surface area contributed by atoms with Gasteiger partial charge in [0, 0.05) is 10.5 Å². The van der Waals surface area contributed by atoms with Gasteiger partial charge in [-0.25, -0.2) is 4.39 Å². The normalized spacial score (nSPS) is 10.2. The Hall–Kier alpha value is -1.88. The van der Waals surface area contributed by atoms with Gasteiger partial charge in [0.2, 0.25) is 0 Å². The van der Waals surface area contributed by atoms with E-state index < -0.39 is 5.82 Å². The zero-order valence-corrected chi connectivity index (χ0v) is 12.4. The molecule has 0 saturated heterocycles. The van der Waals surface area contributed by atoms with Crippen molar-refractivity contribution in [3.63, 3.8) is 0 Å². The van der Waals surface area contributed by atoms with E-state index in [1.165, 1.54) is 18.2 Å². The van der Waals surface area contributed by atoms with E-state index in [4.69, 9.17) is 4.74 Å². The number of carbonyl (C=O) groups is 1. The second-order valence-corrected chi connectivity index (χ2v) is 5.13. The molecule has 0 aliphatic heterocycles. The Morgan fingerprint density at radius 2 is 2.10 bits per heavy atom. The standard InChI is InChI=1S/C15H13BrFNO2/c1-10-5-6-14(13(16)7-10)18-15(19)9-20-12-4-2-3-11(17)8-12/h2-8H,9H2,1H3,(H,18,19). The Kier molecular flexibility index (Phi) is 4.74. The van der Waals surface area contributed by atoms with Gasteiger partial charge < -0.3 is 10.1 Å². The number of halogens is 2. The highest BCUT2D eigenvalue weighted by atomic mass is 79.9. The van der Waals surface area contributed by atoms with E-state index in [-0.39, 0.29) is 12.5 Å². The van der Waals surface area contributed by atoms with Crippen molar-refractivity contribution in [1.82, 2.24) is 0 Å². The fourth-order valence-electron chi connectivity index (χ4n) is 1.61. The summed E-state index contributed by atoms with van der Waals surface area (Å²) in [6.07, 6.45) is 0. The van der Waals surface area contributed by atoms with E-state index in [0.29, 0.717) is 11.4 Å². The molecular weight excluding hydrogens is 325 g/mol. The van der Waals surface area contributed by atoms with E-state index >= 15 is 0 Å². The van der Waals surface area contributed by atoms with Gasteiger partial charge in [-0.3, -0.25) is 4.79 Å². The molecule has 1 amide bonds. The van der Waals surface area contributed by atoms with Crippen LogP contribution < -0.4 is 10.1 Å². The fraction of sp³-hybridized carbons (Fsp3) is 0.133. The van der Waals surface area contributed by atoms with Gasteiger partial charge >= 0.3 is 0 Å². The maximum absolute atomic E-state index is 12.9. The highest BCUT2D eigenvalue weighted by Crippen LogP contribution is 2.23. The number of amides is 1. The predicted molar refractivity (Wildman–Crippen MR) is 79.4 cm³/mol. The van der Waals surface area contributed by atoms with Crippen LogP contribution >= 0.6 is 15.9 Å². The molecule has 0 fully saturated rings. The lowest BCUT2D eigenvalue weighted by atomic mass is 10.2. The summed E-state index contributed by atoms with van der Waals surface area (Å²) in [5, 5.41) is 2.72. The van der Waals surface area contributed by atoms with Crippen molar-refractivity contribution < 1.29 is 13.9 Å². The molecule has 20 heavy (non-hydrogen) atoms. The summed E-state index contributed by atoms with van der Waals surface area (Å²) >= 11 is 3.38. The highest BCUT2D eigenvalue weighted by Gasteiger charge is 2.07. The van der Waals surface area contributed by atoms with Crippen LogP contribution in [0.3, 0.4) is 0 Å². The summed E-state index contributed by atoms with van der Waals surface area (Å²) in [5.41, 5.74) is 1.76. The van der Waals surface area contributed by atoms with Crippen LogP contribution in [0, 0.1) is 12.7 Å². The molecule has 5 heteroatoms. The molecule has 0 atom stereocenters. The van der Waals surface area contributed by atoms with E-state index in [1.807, 2.05) is 19.1 Å². The first-order valence-corrected chi connectivity index (χ1v) is 6.78. The number of rotatable bonds is 4. The maximum atomic E-state index is 12.9.